The Hall–Kier alpha value is -3.40. The molecule has 28 heavy (non-hydrogen) atoms. The van der Waals surface area contributed by atoms with E-state index in [9.17, 15) is 13.6 Å². The topological polar surface area (TPSA) is 97.2 Å². The average molecular weight is 402 g/mol. The predicted molar refractivity (Wildman–Crippen MR) is 101 cm³/mol. The zero-order chi connectivity index (χ0) is 19.8. The molecule has 2 N–H and O–H groups in total. The van der Waals surface area contributed by atoms with Gasteiger partial charge in [0.1, 0.15) is 5.01 Å². The van der Waals surface area contributed by atoms with Gasteiger partial charge >= 0.3 is 12.7 Å². The molecule has 0 atom stereocenters. The maximum atomic E-state index is 12.4. The fraction of sp³-hybridized carbons (Fsp3) is 0.111. The number of hydrogen-bond donors (Lipinski definition) is 2. The Balaban J connectivity index is 1.87. The lowest BCUT2D eigenvalue weighted by molar-refractivity contribution is -0.0528. The number of carbonyl (C=O) groups is 1. The van der Waals surface area contributed by atoms with E-state index in [0.717, 1.165) is 11.8 Å². The molecule has 0 aliphatic heterocycles. The second-order valence-electron chi connectivity index (χ2n) is 5.87. The molecule has 0 bridgehead atoms. The minimum absolute atomic E-state index is 0.267. The summed E-state index contributed by atoms with van der Waals surface area (Å²) in [5, 5.41) is 12.0. The summed E-state index contributed by atoms with van der Waals surface area (Å²) in [7, 11) is 0. The maximum absolute atomic E-state index is 12.4. The quantitative estimate of drug-likeness (QED) is 0.504. The monoisotopic (exact) mass is 402 g/mol. The summed E-state index contributed by atoms with van der Waals surface area (Å²) in [6, 6.07) is 8.72. The van der Waals surface area contributed by atoms with Crippen molar-refractivity contribution in [2.45, 2.75) is 13.5 Å². The Morgan fingerprint density at radius 1 is 1.25 bits per heavy atom. The molecule has 2 heterocycles. The summed E-state index contributed by atoms with van der Waals surface area (Å²) in [5.41, 5.74) is 3.47. The molecule has 4 rings (SSSR count). The molecule has 0 saturated carbocycles. The third-order valence-electron chi connectivity index (χ3n) is 3.87. The number of thiazole rings is 1. The number of fused-ring (bicyclic) bond motifs is 2. The molecule has 0 aliphatic carbocycles. The number of benzene rings is 2. The summed E-state index contributed by atoms with van der Waals surface area (Å²) in [6.07, 6.45) is -0.0289. The Bertz CT molecular complexity index is 1210. The molecule has 2 aromatic heterocycles. The number of nitrogens with zero attached hydrogens (tertiary/aromatic N) is 3. The van der Waals surface area contributed by atoms with Crippen molar-refractivity contribution in [3.63, 3.8) is 0 Å². The number of ether oxygens (including phenoxy) is 1. The molecule has 10 heteroatoms. The lowest BCUT2D eigenvalue weighted by Crippen LogP contribution is -2.06. The van der Waals surface area contributed by atoms with Gasteiger partial charge in [0, 0.05) is 5.56 Å². The number of rotatable bonds is 4. The minimum Gasteiger partial charge on any atom is -0.465 e. The molecule has 142 valence electrons. The number of anilines is 1. The zero-order valence-electron chi connectivity index (χ0n) is 14.3. The van der Waals surface area contributed by atoms with Gasteiger partial charge in [-0.05, 0) is 36.8 Å². The molecule has 4 aromatic rings. The van der Waals surface area contributed by atoms with Crippen LogP contribution in [0.15, 0.2) is 36.5 Å². The van der Waals surface area contributed by atoms with Crippen molar-refractivity contribution in [3.8, 4) is 16.5 Å². The van der Waals surface area contributed by atoms with Crippen molar-refractivity contribution in [1.29, 1.82) is 0 Å². The van der Waals surface area contributed by atoms with Crippen LogP contribution in [0.5, 0.6) is 5.88 Å². The minimum atomic E-state index is -2.99. The standard InChI is InChI=1S/C18H12F2N4O3S/c1-8-5-9(14-12(6-8)22-13(7-21-14)27-17(19)20)16-23-10-3-2-4-11(15(10)28-16)24-18(25)26/h2-7,17,24H,1H3,(H,25,26). The fourth-order valence-electron chi connectivity index (χ4n) is 2.84. The molecule has 0 fully saturated rings. The van der Waals surface area contributed by atoms with Crippen molar-refractivity contribution in [2.24, 2.45) is 0 Å². The van der Waals surface area contributed by atoms with Crippen LogP contribution < -0.4 is 10.1 Å². The summed E-state index contributed by atoms with van der Waals surface area (Å²) in [4.78, 5) is 23.9. The lowest BCUT2D eigenvalue weighted by atomic mass is 10.1. The number of carboxylic acid groups (broad SMARTS) is 1. The van der Waals surface area contributed by atoms with E-state index in [1.165, 1.54) is 11.3 Å². The second-order valence-corrected chi connectivity index (χ2v) is 6.87. The summed E-state index contributed by atoms with van der Waals surface area (Å²) >= 11 is 1.30. The van der Waals surface area contributed by atoms with Gasteiger partial charge in [0.15, 0.2) is 0 Å². The largest absolute Gasteiger partial charge is 0.465 e. The van der Waals surface area contributed by atoms with E-state index in [1.807, 2.05) is 13.0 Å². The van der Waals surface area contributed by atoms with Crippen LogP contribution in [0.4, 0.5) is 19.3 Å². The van der Waals surface area contributed by atoms with E-state index in [2.05, 4.69) is 25.0 Å². The van der Waals surface area contributed by atoms with Crippen molar-refractivity contribution in [1.82, 2.24) is 15.0 Å². The lowest BCUT2D eigenvalue weighted by Gasteiger charge is -2.07. The zero-order valence-corrected chi connectivity index (χ0v) is 15.1. The number of halogens is 2. The molecule has 2 aromatic carbocycles. The van der Waals surface area contributed by atoms with Gasteiger partial charge in [-0.2, -0.15) is 8.78 Å². The van der Waals surface area contributed by atoms with Crippen LogP contribution in [-0.2, 0) is 0 Å². The van der Waals surface area contributed by atoms with Gasteiger partial charge in [-0.3, -0.25) is 5.32 Å². The average Bonchev–Trinajstić information content (AvgIpc) is 3.05. The van der Waals surface area contributed by atoms with Crippen LogP contribution in [0.3, 0.4) is 0 Å². The molecule has 0 spiro atoms. The highest BCUT2D eigenvalue weighted by Crippen LogP contribution is 2.37. The van der Waals surface area contributed by atoms with Crippen LogP contribution in [0.25, 0.3) is 31.8 Å². The third kappa shape index (κ3) is 3.41. The smallest absolute Gasteiger partial charge is 0.409 e. The van der Waals surface area contributed by atoms with Crippen LogP contribution >= 0.6 is 11.3 Å². The molecule has 1 amide bonds. The van der Waals surface area contributed by atoms with E-state index in [1.54, 1.807) is 24.3 Å². The highest BCUT2D eigenvalue weighted by molar-refractivity contribution is 7.22. The molecular formula is C18H12F2N4O3S. The first-order valence-electron chi connectivity index (χ1n) is 8.03. The van der Waals surface area contributed by atoms with E-state index < -0.39 is 12.7 Å². The fourth-order valence-corrected chi connectivity index (χ4v) is 3.89. The van der Waals surface area contributed by atoms with Gasteiger partial charge in [0.05, 0.1) is 33.1 Å². The first-order chi connectivity index (χ1) is 13.4. The van der Waals surface area contributed by atoms with E-state index in [0.29, 0.717) is 37.5 Å². The Kier molecular flexibility index (Phi) is 4.47. The van der Waals surface area contributed by atoms with Gasteiger partial charge in [-0.25, -0.2) is 19.7 Å². The number of hydrogen-bond acceptors (Lipinski definition) is 6. The number of aromatic nitrogens is 3. The highest BCUT2D eigenvalue weighted by atomic mass is 32.1. The highest BCUT2D eigenvalue weighted by Gasteiger charge is 2.16. The van der Waals surface area contributed by atoms with Gasteiger partial charge in [-0.1, -0.05) is 6.07 Å². The molecule has 0 aliphatic rings. The Morgan fingerprint density at radius 2 is 2.07 bits per heavy atom. The van der Waals surface area contributed by atoms with Crippen molar-refractivity contribution >= 4 is 44.4 Å². The van der Waals surface area contributed by atoms with Gasteiger partial charge in [-0.15, -0.1) is 11.3 Å². The third-order valence-corrected chi connectivity index (χ3v) is 5.00. The van der Waals surface area contributed by atoms with Crippen molar-refractivity contribution in [2.75, 3.05) is 5.32 Å². The van der Waals surface area contributed by atoms with E-state index in [-0.39, 0.29) is 5.88 Å². The van der Waals surface area contributed by atoms with Gasteiger partial charge in [0.25, 0.3) is 0 Å². The number of nitrogens with one attached hydrogen (secondary N) is 1. The SMILES string of the molecule is Cc1cc(-c2nc3cccc(NC(=O)O)c3s2)c2ncc(OC(F)F)nc2c1. The molecule has 7 nitrogen and oxygen atoms in total. The summed E-state index contributed by atoms with van der Waals surface area (Å²) in [6.45, 7) is -1.14. The van der Waals surface area contributed by atoms with Gasteiger partial charge in [0.2, 0.25) is 5.88 Å². The molecule has 0 unspecified atom stereocenters. The second kappa shape index (κ2) is 6.97. The van der Waals surface area contributed by atoms with E-state index in [4.69, 9.17) is 5.11 Å². The van der Waals surface area contributed by atoms with E-state index >= 15 is 0 Å². The normalized spacial score (nSPS) is 11.3. The van der Waals surface area contributed by atoms with Crippen LogP contribution in [0.1, 0.15) is 5.56 Å². The summed E-state index contributed by atoms with van der Waals surface area (Å²) in [5.74, 6) is -0.267. The Labute approximate surface area is 160 Å². The maximum Gasteiger partial charge on any atom is 0.409 e. The first-order valence-corrected chi connectivity index (χ1v) is 8.84. The molecule has 0 radical (unpaired) electrons. The van der Waals surface area contributed by atoms with Crippen LogP contribution in [0.2, 0.25) is 0 Å². The van der Waals surface area contributed by atoms with Crippen LogP contribution in [-0.4, -0.2) is 32.8 Å². The number of alkyl halides is 2. The number of amides is 1. The predicted octanol–water partition coefficient (Wildman–Crippen LogP) is 4.91. The first kappa shape index (κ1) is 18.0. The van der Waals surface area contributed by atoms with Gasteiger partial charge < -0.3 is 9.84 Å². The number of aryl methyl sites for hydroxylation is 1. The summed E-state index contributed by atoms with van der Waals surface area (Å²) < 4.78 is 29.9. The van der Waals surface area contributed by atoms with Crippen LogP contribution in [0, 0.1) is 6.92 Å². The van der Waals surface area contributed by atoms with Crippen molar-refractivity contribution < 1.29 is 23.4 Å². The molecular weight excluding hydrogens is 390 g/mol. The molecule has 0 saturated heterocycles. The Morgan fingerprint density at radius 3 is 2.82 bits per heavy atom. The van der Waals surface area contributed by atoms with Crippen molar-refractivity contribution in [3.05, 3.63) is 42.1 Å².